The molecule has 0 aliphatic carbocycles. The first-order valence-electron chi connectivity index (χ1n) is 3.04. The van der Waals surface area contributed by atoms with E-state index in [1.807, 2.05) is 0 Å². The van der Waals surface area contributed by atoms with Crippen molar-refractivity contribution in [3.63, 3.8) is 0 Å². The Morgan fingerprint density at radius 3 is 2.45 bits per heavy atom. The largest absolute Gasteiger partial charge is 0.383 e. The van der Waals surface area contributed by atoms with Crippen LogP contribution in [0.1, 0.15) is 0 Å². The van der Waals surface area contributed by atoms with Crippen LogP contribution in [0.3, 0.4) is 0 Å². The first kappa shape index (κ1) is 9.36. The maximum atomic E-state index is 6.94. The quantitative estimate of drug-likeness (QED) is 0.352. The van der Waals surface area contributed by atoms with Crippen molar-refractivity contribution in [2.75, 3.05) is 0 Å². The Hall–Kier alpha value is -1.64. The number of aliphatic imine (C=N–C) groups is 1. The summed E-state index contributed by atoms with van der Waals surface area (Å²) in [5.41, 5.74) is 5.96. The predicted molar refractivity (Wildman–Crippen MR) is 48.9 cm³/mol. The highest BCUT2D eigenvalue weighted by molar-refractivity contribution is 6.13. The van der Waals surface area contributed by atoms with Crippen LogP contribution >= 0.6 is 0 Å². The van der Waals surface area contributed by atoms with Gasteiger partial charge in [0, 0.05) is 18.0 Å². The van der Waals surface area contributed by atoms with E-state index in [9.17, 15) is 0 Å². The molecule has 3 heteroatoms. The number of allylic oxidation sites excluding steroid dienone is 2. The van der Waals surface area contributed by atoms with Gasteiger partial charge in [-0.15, -0.1) is 0 Å². The third kappa shape index (κ3) is 3.15. The Morgan fingerprint density at radius 1 is 1.45 bits per heavy atom. The van der Waals surface area contributed by atoms with Gasteiger partial charge in [0.1, 0.15) is 5.84 Å². The Labute approximate surface area is 66.1 Å². The molecule has 0 aromatic heterocycles. The number of nitrogens with zero attached hydrogens (tertiary/aromatic N) is 1. The SMILES string of the molecule is C=C/C=C(C=N)\C(N)=N/C=C. The molecule has 0 aromatic carbocycles. The van der Waals surface area contributed by atoms with Crippen molar-refractivity contribution in [1.82, 2.24) is 0 Å². The molecule has 0 spiro atoms. The number of hydrogen-bond acceptors (Lipinski definition) is 2. The van der Waals surface area contributed by atoms with Crippen molar-refractivity contribution in [3.8, 4) is 0 Å². The first-order chi connectivity index (χ1) is 5.26. The minimum absolute atomic E-state index is 0.273. The lowest BCUT2D eigenvalue weighted by atomic mass is 10.2. The highest BCUT2D eigenvalue weighted by Crippen LogP contribution is 1.90. The average Bonchev–Trinajstić information content (AvgIpc) is 2.00. The molecule has 0 rings (SSSR count). The van der Waals surface area contributed by atoms with Crippen molar-refractivity contribution in [1.29, 1.82) is 5.41 Å². The summed E-state index contributed by atoms with van der Waals surface area (Å²) in [6.07, 6.45) is 5.60. The van der Waals surface area contributed by atoms with Crippen LogP contribution in [0.4, 0.5) is 0 Å². The maximum Gasteiger partial charge on any atom is 0.132 e. The van der Waals surface area contributed by atoms with Gasteiger partial charge in [-0.25, -0.2) is 4.99 Å². The molecule has 0 fully saturated rings. The molecule has 0 radical (unpaired) electrons. The summed E-state index contributed by atoms with van der Waals surface area (Å²) in [7, 11) is 0. The molecular weight excluding hydrogens is 138 g/mol. The van der Waals surface area contributed by atoms with E-state index < -0.39 is 0 Å². The zero-order valence-electron chi connectivity index (χ0n) is 6.25. The summed E-state index contributed by atoms with van der Waals surface area (Å²) >= 11 is 0. The van der Waals surface area contributed by atoms with Crippen LogP contribution in [0.5, 0.6) is 0 Å². The third-order valence-electron chi connectivity index (χ3n) is 0.979. The van der Waals surface area contributed by atoms with Crippen molar-refractivity contribution in [2.45, 2.75) is 0 Å². The summed E-state index contributed by atoms with van der Waals surface area (Å²) < 4.78 is 0. The smallest absolute Gasteiger partial charge is 0.132 e. The number of nitrogens with one attached hydrogen (secondary N) is 1. The normalized spacial score (nSPS) is 12.4. The van der Waals surface area contributed by atoms with Gasteiger partial charge in [-0.3, -0.25) is 0 Å². The highest BCUT2D eigenvalue weighted by atomic mass is 14.8. The molecule has 0 heterocycles. The summed E-state index contributed by atoms with van der Waals surface area (Å²) in [6.45, 7) is 6.86. The van der Waals surface area contributed by atoms with Crippen LogP contribution in [-0.4, -0.2) is 12.1 Å². The lowest BCUT2D eigenvalue weighted by Gasteiger charge is -1.95. The van der Waals surface area contributed by atoms with Crippen LogP contribution in [-0.2, 0) is 0 Å². The molecule has 0 saturated carbocycles. The van der Waals surface area contributed by atoms with Crippen molar-refractivity contribution in [2.24, 2.45) is 10.7 Å². The summed E-state index contributed by atoms with van der Waals surface area (Å²) in [5.74, 6) is 0.273. The van der Waals surface area contributed by atoms with Gasteiger partial charge in [0.25, 0.3) is 0 Å². The van der Waals surface area contributed by atoms with Gasteiger partial charge < -0.3 is 11.1 Å². The topological polar surface area (TPSA) is 62.2 Å². The lowest BCUT2D eigenvalue weighted by molar-refractivity contribution is 1.49. The molecular formula is C8H11N3. The fourth-order valence-electron chi connectivity index (χ4n) is 0.507. The second kappa shape index (κ2) is 5.17. The first-order valence-corrected chi connectivity index (χ1v) is 3.04. The summed E-state index contributed by atoms with van der Waals surface area (Å²) in [4.78, 5) is 3.71. The molecule has 3 nitrogen and oxygen atoms in total. The fraction of sp³-hybridized carbons (Fsp3) is 0. The van der Waals surface area contributed by atoms with Crippen LogP contribution in [0.25, 0.3) is 0 Å². The minimum Gasteiger partial charge on any atom is -0.383 e. The lowest BCUT2D eigenvalue weighted by Crippen LogP contribution is -2.14. The Morgan fingerprint density at radius 2 is 2.09 bits per heavy atom. The molecule has 0 amide bonds. The van der Waals surface area contributed by atoms with Gasteiger partial charge in [0.2, 0.25) is 0 Å². The Kier molecular flexibility index (Phi) is 4.40. The molecule has 0 bridgehead atoms. The predicted octanol–water partition coefficient (Wildman–Crippen LogP) is 1.25. The molecule has 0 saturated heterocycles. The van der Waals surface area contributed by atoms with Crippen LogP contribution in [0, 0.1) is 5.41 Å². The van der Waals surface area contributed by atoms with Gasteiger partial charge in [-0.2, -0.15) is 0 Å². The van der Waals surface area contributed by atoms with E-state index in [1.165, 1.54) is 6.20 Å². The zero-order chi connectivity index (χ0) is 8.69. The van der Waals surface area contributed by atoms with E-state index in [-0.39, 0.29) is 5.84 Å². The Bertz CT molecular complexity index is 223. The molecule has 3 N–H and O–H groups in total. The fourth-order valence-corrected chi connectivity index (χ4v) is 0.507. The molecule has 58 valence electrons. The van der Waals surface area contributed by atoms with Crippen LogP contribution < -0.4 is 5.73 Å². The van der Waals surface area contributed by atoms with E-state index in [2.05, 4.69) is 18.2 Å². The summed E-state index contributed by atoms with van der Waals surface area (Å²) in [5, 5.41) is 6.94. The highest BCUT2D eigenvalue weighted by Gasteiger charge is 1.94. The van der Waals surface area contributed by atoms with Gasteiger partial charge in [0.15, 0.2) is 0 Å². The van der Waals surface area contributed by atoms with Crippen LogP contribution in [0.15, 0.2) is 42.1 Å². The average molecular weight is 149 g/mol. The van der Waals surface area contributed by atoms with Gasteiger partial charge in [0.05, 0.1) is 0 Å². The van der Waals surface area contributed by atoms with Crippen molar-refractivity contribution < 1.29 is 0 Å². The summed E-state index contributed by atoms with van der Waals surface area (Å²) in [6, 6.07) is 0. The van der Waals surface area contributed by atoms with E-state index in [1.54, 1.807) is 12.2 Å². The number of hydrogen-bond donors (Lipinski definition) is 2. The molecule has 11 heavy (non-hydrogen) atoms. The standard InChI is InChI=1S/C8H11N3/c1-3-5-7(6-9)8(10)11-4-2/h3-6,9H,1-2H2,(H2,10,11)/b7-5-,9-6?. The molecule has 0 aliphatic heterocycles. The Balaban J connectivity index is 4.63. The second-order valence-corrected chi connectivity index (χ2v) is 1.70. The minimum atomic E-state index is 0.273. The number of rotatable bonds is 4. The molecule has 0 aromatic rings. The monoisotopic (exact) mass is 149 g/mol. The van der Waals surface area contributed by atoms with Gasteiger partial charge in [-0.1, -0.05) is 25.3 Å². The molecule has 0 atom stereocenters. The molecule has 0 unspecified atom stereocenters. The van der Waals surface area contributed by atoms with Crippen molar-refractivity contribution in [3.05, 3.63) is 37.1 Å². The van der Waals surface area contributed by atoms with Crippen LogP contribution in [0.2, 0.25) is 0 Å². The second-order valence-electron chi connectivity index (χ2n) is 1.70. The van der Waals surface area contributed by atoms with E-state index in [0.717, 1.165) is 6.21 Å². The van der Waals surface area contributed by atoms with E-state index >= 15 is 0 Å². The third-order valence-corrected chi connectivity index (χ3v) is 0.979. The number of amidine groups is 1. The maximum absolute atomic E-state index is 6.94. The van der Waals surface area contributed by atoms with E-state index in [0.29, 0.717) is 5.57 Å². The van der Waals surface area contributed by atoms with Gasteiger partial charge >= 0.3 is 0 Å². The number of nitrogens with two attached hydrogens (primary N) is 1. The van der Waals surface area contributed by atoms with Gasteiger partial charge in [-0.05, 0) is 0 Å². The van der Waals surface area contributed by atoms with E-state index in [4.69, 9.17) is 11.1 Å². The molecule has 0 aliphatic rings. The van der Waals surface area contributed by atoms with Crippen molar-refractivity contribution >= 4 is 12.1 Å². The zero-order valence-corrected chi connectivity index (χ0v) is 6.25.